The maximum Gasteiger partial charge on any atom is 0.271 e. The summed E-state index contributed by atoms with van der Waals surface area (Å²) in [5, 5.41) is 14.8. The average molecular weight is 592 g/mol. The van der Waals surface area contributed by atoms with Crippen LogP contribution >= 0.6 is 0 Å². The Hall–Kier alpha value is -6.07. The first-order chi connectivity index (χ1) is 21.9. The molecule has 0 saturated heterocycles. The molecule has 0 spiro atoms. The number of nitriles is 1. The van der Waals surface area contributed by atoms with Crippen molar-refractivity contribution in [1.82, 2.24) is 19.7 Å². The molecule has 0 bridgehead atoms. The minimum atomic E-state index is -0.622. The lowest BCUT2D eigenvalue weighted by atomic mass is 9.93. The number of rotatable bonds is 8. The van der Waals surface area contributed by atoms with Gasteiger partial charge in [-0.15, -0.1) is 0 Å². The van der Waals surface area contributed by atoms with Crippen LogP contribution in [-0.4, -0.2) is 31.5 Å². The summed E-state index contributed by atoms with van der Waals surface area (Å²) in [6.45, 7) is 4.06. The number of imide groups is 1. The molecule has 45 heavy (non-hydrogen) atoms. The number of nitrogens with zero attached hydrogens (tertiary/aromatic N) is 5. The molecule has 2 amide bonds. The molecule has 0 radical (unpaired) electrons. The summed E-state index contributed by atoms with van der Waals surface area (Å²) in [5.74, 6) is -0.350. The highest BCUT2D eigenvalue weighted by Crippen LogP contribution is 2.33. The molecule has 5 aromatic rings. The molecule has 1 aliphatic rings. The van der Waals surface area contributed by atoms with Gasteiger partial charge in [-0.2, -0.15) is 10.4 Å². The number of hydrogen-bond acceptors (Lipinski definition) is 6. The minimum absolute atomic E-state index is 0.00107. The molecule has 1 aliphatic heterocycles. The van der Waals surface area contributed by atoms with Gasteiger partial charge in [-0.1, -0.05) is 54.6 Å². The van der Waals surface area contributed by atoms with Crippen molar-refractivity contribution in [2.24, 2.45) is 0 Å². The number of ether oxygens (including phenoxy) is 1. The fourth-order valence-electron chi connectivity index (χ4n) is 5.23. The second-order valence-corrected chi connectivity index (χ2v) is 10.7. The van der Waals surface area contributed by atoms with Gasteiger partial charge in [0.1, 0.15) is 24.0 Å². The second kappa shape index (κ2) is 12.7. The summed E-state index contributed by atoms with van der Waals surface area (Å²) in [7, 11) is 0. The summed E-state index contributed by atoms with van der Waals surface area (Å²) < 4.78 is 7.86. The lowest BCUT2D eigenvalue weighted by molar-refractivity contribution is -0.141. The Morgan fingerprint density at radius 2 is 1.62 bits per heavy atom. The highest BCUT2D eigenvalue weighted by molar-refractivity contribution is 6.19. The molecule has 0 saturated carbocycles. The summed E-state index contributed by atoms with van der Waals surface area (Å²) in [5.41, 5.74) is 6.16. The number of hydrogen-bond donors (Lipinski definition) is 0. The van der Waals surface area contributed by atoms with Crippen molar-refractivity contribution in [1.29, 1.82) is 5.26 Å². The van der Waals surface area contributed by atoms with Crippen LogP contribution in [0.4, 0.5) is 0 Å². The van der Waals surface area contributed by atoms with E-state index in [4.69, 9.17) is 9.84 Å². The van der Waals surface area contributed by atoms with Crippen LogP contribution in [0.5, 0.6) is 5.75 Å². The summed E-state index contributed by atoms with van der Waals surface area (Å²) in [6, 6.07) is 31.1. The third-order valence-corrected chi connectivity index (χ3v) is 7.64. The van der Waals surface area contributed by atoms with Crippen molar-refractivity contribution in [3.8, 4) is 28.8 Å². The first-order valence-electron chi connectivity index (χ1n) is 14.4. The van der Waals surface area contributed by atoms with Crippen molar-refractivity contribution in [3.05, 3.63) is 149 Å². The molecular weight excluding hydrogens is 562 g/mol. The fourth-order valence-corrected chi connectivity index (χ4v) is 5.23. The summed E-state index contributed by atoms with van der Waals surface area (Å²) in [6.07, 6.45) is 6.78. The predicted octanol–water partition coefficient (Wildman–Crippen LogP) is 6.61. The zero-order chi connectivity index (χ0) is 31.3. The largest absolute Gasteiger partial charge is 0.489 e. The van der Waals surface area contributed by atoms with Gasteiger partial charge in [-0.3, -0.25) is 19.5 Å². The van der Waals surface area contributed by atoms with Gasteiger partial charge in [0.15, 0.2) is 0 Å². The molecule has 0 fully saturated rings. The topological polar surface area (TPSA) is 101 Å². The highest BCUT2D eigenvalue weighted by Gasteiger charge is 2.35. The number of benzene rings is 3. The zero-order valence-corrected chi connectivity index (χ0v) is 24.8. The van der Waals surface area contributed by atoms with Crippen LogP contribution in [0.2, 0.25) is 0 Å². The number of aryl methyl sites for hydroxylation is 1. The summed E-state index contributed by atoms with van der Waals surface area (Å²) in [4.78, 5) is 32.3. The van der Waals surface area contributed by atoms with Crippen LogP contribution in [0.3, 0.4) is 0 Å². The van der Waals surface area contributed by atoms with Crippen LogP contribution in [0.1, 0.15) is 29.2 Å². The fraction of sp³-hybridized carbons (Fsp3) is 0.108. The van der Waals surface area contributed by atoms with Crippen molar-refractivity contribution in [3.63, 3.8) is 0 Å². The van der Waals surface area contributed by atoms with E-state index in [1.807, 2.05) is 98.1 Å². The standard InChI is InChI=1S/C37H29N5O3/c1-25-18-29(15-16-34(25)45-24-27-10-5-3-6-11-27)35-30(23-42(40-35)31-13-7-4-8-14-31)19-32-26(2)33(20-38)37(44)41(36(32)43)22-28-12-9-17-39-21-28/h3-19,21,23H,22,24H2,1-2H3/b32-19+. The normalized spacial score (nSPS) is 14.2. The lowest BCUT2D eigenvalue weighted by Gasteiger charge is -2.27. The van der Waals surface area contributed by atoms with Gasteiger partial charge in [-0.05, 0) is 78.6 Å². The van der Waals surface area contributed by atoms with Gasteiger partial charge in [0.05, 0.1) is 17.9 Å². The van der Waals surface area contributed by atoms with Crippen molar-refractivity contribution in [2.45, 2.75) is 27.0 Å². The first kappa shape index (κ1) is 29.0. The molecule has 0 N–H and O–H groups in total. The van der Waals surface area contributed by atoms with E-state index in [9.17, 15) is 14.9 Å². The van der Waals surface area contributed by atoms with E-state index in [0.717, 1.165) is 33.0 Å². The smallest absolute Gasteiger partial charge is 0.271 e. The second-order valence-electron chi connectivity index (χ2n) is 10.7. The lowest BCUT2D eigenvalue weighted by Crippen LogP contribution is -2.42. The molecule has 8 nitrogen and oxygen atoms in total. The SMILES string of the molecule is CC1=C(C#N)C(=O)N(Cc2cccnc2)C(=O)/C1=C/c1cn(-c2ccccc2)nc1-c1ccc(OCc2ccccc2)c(C)c1. The van der Waals surface area contributed by atoms with Crippen molar-refractivity contribution < 1.29 is 14.3 Å². The van der Waals surface area contributed by atoms with Crippen LogP contribution in [-0.2, 0) is 22.7 Å². The van der Waals surface area contributed by atoms with Gasteiger partial charge in [0.25, 0.3) is 11.8 Å². The van der Waals surface area contributed by atoms with Crippen molar-refractivity contribution >= 4 is 17.9 Å². The van der Waals surface area contributed by atoms with E-state index in [0.29, 0.717) is 29.0 Å². The maximum atomic E-state index is 13.9. The maximum absolute atomic E-state index is 13.9. The number of aromatic nitrogens is 3. The van der Waals surface area contributed by atoms with Gasteiger partial charge in [0.2, 0.25) is 0 Å². The molecular formula is C37H29N5O3. The van der Waals surface area contributed by atoms with E-state index in [1.165, 1.54) is 0 Å². The molecule has 3 heterocycles. The zero-order valence-electron chi connectivity index (χ0n) is 24.8. The molecule has 0 aliphatic carbocycles. The molecule has 0 atom stereocenters. The van der Waals surface area contributed by atoms with E-state index >= 15 is 0 Å². The molecule has 3 aromatic carbocycles. The monoisotopic (exact) mass is 591 g/mol. The minimum Gasteiger partial charge on any atom is -0.489 e. The van der Waals surface area contributed by atoms with Crippen molar-refractivity contribution in [2.75, 3.05) is 0 Å². The number of amides is 2. The van der Waals surface area contributed by atoms with Gasteiger partial charge in [-0.25, -0.2) is 4.68 Å². The Kier molecular flexibility index (Phi) is 8.16. The summed E-state index contributed by atoms with van der Waals surface area (Å²) >= 11 is 0. The Morgan fingerprint density at radius 1 is 0.889 bits per heavy atom. The Labute approximate surface area is 261 Å². The van der Waals surface area contributed by atoms with E-state index in [2.05, 4.69) is 4.98 Å². The van der Waals surface area contributed by atoms with E-state index in [-0.39, 0.29) is 17.7 Å². The predicted molar refractivity (Wildman–Crippen MR) is 171 cm³/mol. The molecule has 2 aromatic heterocycles. The number of para-hydroxylation sites is 1. The molecule has 220 valence electrons. The first-order valence-corrected chi connectivity index (χ1v) is 14.4. The third-order valence-electron chi connectivity index (χ3n) is 7.64. The van der Waals surface area contributed by atoms with Gasteiger partial charge >= 0.3 is 0 Å². The van der Waals surface area contributed by atoms with E-state index < -0.39 is 11.8 Å². The highest BCUT2D eigenvalue weighted by atomic mass is 16.5. The van der Waals surface area contributed by atoms with Gasteiger partial charge < -0.3 is 4.74 Å². The van der Waals surface area contributed by atoms with Crippen LogP contribution in [0, 0.1) is 18.3 Å². The van der Waals surface area contributed by atoms with Crippen LogP contribution in [0.15, 0.2) is 126 Å². The quantitative estimate of drug-likeness (QED) is 0.149. The van der Waals surface area contributed by atoms with Crippen LogP contribution < -0.4 is 4.74 Å². The molecule has 0 unspecified atom stereocenters. The Morgan fingerprint density at radius 3 is 2.31 bits per heavy atom. The number of carbonyl (C=O) groups excluding carboxylic acids is 2. The Balaban J connectivity index is 1.41. The van der Waals surface area contributed by atoms with Crippen LogP contribution in [0.25, 0.3) is 23.0 Å². The average Bonchev–Trinajstić information content (AvgIpc) is 3.50. The molecule has 8 heteroatoms. The third kappa shape index (κ3) is 6.05. The molecule has 6 rings (SSSR count). The van der Waals surface area contributed by atoms with E-state index in [1.54, 1.807) is 42.2 Å². The number of carbonyl (C=O) groups is 2. The number of pyridine rings is 1. The Bertz CT molecular complexity index is 1990. The van der Waals surface area contributed by atoms with Gasteiger partial charge in [0, 0.05) is 35.3 Å².